The number of amidine groups is 1. The largest absolute Gasteiger partial charge is 0.357 e. The van der Waals surface area contributed by atoms with E-state index in [4.69, 9.17) is 12.2 Å². The molecule has 0 aliphatic carbocycles. The summed E-state index contributed by atoms with van der Waals surface area (Å²) in [5.41, 5.74) is 7.02. The van der Waals surface area contributed by atoms with Crippen LogP contribution in [0, 0.1) is 0 Å². The summed E-state index contributed by atoms with van der Waals surface area (Å²) in [6.45, 7) is 3.53. The minimum Gasteiger partial charge on any atom is -0.357 e. The summed E-state index contributed by atoms with van der Waals surface area (Å²) < 4.78 is 0. The first-order valence-electron chi connectivity index (χ1n) is 8.87. The molecule has 5 nitrogen and oxygen atoms in total. The van der Waals surface area contributed by atoms with E-state index in [-0.39, 0.29) is 0 Å². The number of hydrazone groups is 1. The van der Waals surface area contributed by atoms with Crippen LogP contribution in [0.4, 0.5) is 5.69 Å². The molecule has 0 fully saturated rings. The maximum Gasteiger partial charge on any atom is 0.187 e. The van der Waals surface area contributed by atoms with E-state index in [0.717, 1.165) is 40.8 Å². The number of aliphatic imine (C=N–C) groups is 1. The van der Waals surface area contributed by atoms with Crippen molar-refractivity contribution in [2.45, 2.75) is 19.9 Å². The van der Waals surface area contributed by atoms with Gasteiger partial charge in [-0.3, -0.25) is 10.4 Å². The number of thioether (sulfide) groups is 1. The van der Waals surface area contributed by atoms with Crippen molar-refractivity contribution < 1.29 is 0 Å². The predicted octanol–water partition coefficient (Wildman–Crippen LogP) is 3.98. The molecule has 0 saturated carbocycles. The Morgan fingerprint density at radius 2 is 1.93 bits per heavy atom. The van der Waals surface area contributed by atoms with Crippen LogP contribution in [0.5, 0.6) is 0 Å². The average Bonchev–Trinajstić information content (AvgIpc) is 2.72. The average molecular weight is 398 g/mol. The summed E-state index contributed by atoms with van der Waals surface area (Å²) >= 11 is 7.05. The van der Waals surface area contributed by atoms with Crippen molar-refractivity contribution in [3.63, 3.8) is 0 Å². The Balaban J connectivity index is 1.49. The SMILES string of the molecule is C/C(=N/NC(=S)NCc1ccccc1)c1ccc(NC2=NCCCS2)cc1. The summed E-state index contributed by atoms with van der Waals surface area (Å²) in [6, 6.07) is 18.3. The highest BCUT2D eigenvalue weighted by atomic mass is 32.2. The molecule has 0 unspecified atom stereocenters. The first-order valence-corrected chi connectivity index (χ1v) is 10.3. The molecule has 0 amide bonds. The van der Waals surface area contributed by atoms with Gasteiger partial charge in [-0.05, 0) is 48.8 Å². The number of hydrogen-bond donors (Lipinski definition) is 3. The minimum atomic E-state index is 0.504. The van der Waals surface area contributed by atoms with Crippen LogP contribution in [0.15, 0.2) is 64.7 Å². The number of nitrogens with zero attached hydrogens (tertiary/aromatic N) is 2. The molecule has 3 rings (SSSR count). The lowest BCUT2D eigenvalue weighted by Crippen LogP contribution is -2.32. The van der Waals surface area contributed by atoms with Gasteiger partial charge in [0.15, 0.2) is 10.3 Å². The van der Waals surface area contributed by atoms with Crippen LogP contribution in [-0.4, -0.2) is 28.3 Å². The lowest BCUT2D eigenvalue weighted by Gasteiger charge is -2.13. The van der Waals surface area contributed by atoms with E-state index in [1.165, 1.54) is 5.56 Å². The highest BCUT2D eigenvalue weighted by Crippen LogP contribution is 2.17. The van der Waals surface area contributed by atoms with Gasteiger partial charge in [0.2, 0.25) is 0 Å². The van der Waals surface area contributed by atoms with Crippen molar-refractivity contribution in [1.29, 1.82) is 0 Å². The Hall–Kier alpha value is -2.38. The highest BCUT2D eigenvalue weighted by molar-refractivity contribution is 8.14. The molecule has 0 spiro atoms. The predicted molar refractivity (Wildman–Crippen MR) is 121 cm³/mol. The van der Waals surface area contributed by atoms with Crippen molar-refractivity contribution in [3.8, 4) is 0 Å². The molecule has 0 radical (unpaired) electrons. The summed E-state index contributed by atoms with van der Waals surface area (Å²) in [7, 11) is 0. The van der Waals surface area contributed by atoms with Crippen molar-refractivity contribution >= 4 is 45.7 Å². The van der Waals surface area contributed by atoms with Gasteiger partial charge in [-0.15, -0.1) is 0 Å². The number of nitrogens with one attached hydrogen (secondary N) is 3. The number of hydrogen-bond acceptors (Lipinski definition) is 5. The topological polar surface area (TPSA) is 60.8 Å². The van der Waals surface area contributed by atoms with Gasteiger partial charge < -0.3 is 10.6 Å². The zero-order valence-corrected chi connectivity index (χ0v) is 16.9. The second kappa shape index (κ2) is 10.1. The highest BCUT2D eigenvalue weighted by Gasteiger charge is 2.06. The van der Waals surface area contributed by atoms with Crippen molar-refractivity contribution in [2.24, 2.45) is 10.1 Å². The maximum atomic E-state index is 5.28. The second-order valence-corrected chi connectivity index (χ2v) is 7.56. The number of rotatable bonds is 5. The Labute approximate surface area is 169 Å². The normalized spacial score (nSPS) is 14.3. The summed E-state index contributed by atoms with van der Waals surface area (Å²) in [5.74, 6) is 1.12. The minimum absolute atomic E-state index is 0.504. The fraction of sp³-hybridized carbons (Fsp3) is 0.250. The van der Waals surface area contributed by atoms with E-state index in [1.807, 2.05) is 49.4 Å². The molecule has 2 aromatic carbocycles. The Bertz CT molecular complexity index is 816. The molecule has 0 saturated heterocycles. The zero-order valence-electron chi connectivity index (χ0n) is 15.2. The van der Waals surface area contributed by atoms with Crippen LogP contribution in [0.2, 0.25) is 0 Å². The van der Waals surface area contributed by atoms with Gasteiger partial charge in [-0.2, -0.15) is 5.10 Å². The third kappa shape index (κ3) is 6.37. The van der Waals surface area contributed by atoms with Crippen LogP contribution in [0.3, 0.4) is 0 Å². The third-order valence-electron chi connectivity index (χ3n) is 3.97. The molecule has 1 aliphatic rings. The van der Waals surface area contributed by atoms with Gasteiger partial charge in [-0.25, -0.2) is 0 Å². The Morgan fingerprint density at radius 3 is 2.63 bits per heavy atom. The number of anilines is 1. The number of thiocarbonyl (C=S) groups is 1. The molecule has 140 valence electrons. The van der Waals surface area contributed by atoms with Crippen LogP contribution in [0.25, 0.3) is 0 Å². The van der Waals surface area contributed by atoms with E-state index in [2.05, 4.69) is 38.3 Å². The van der Waals surface area contributed by atoms with E-state index in [1.54, 1.807) is 11.8 Å². The molecule has 27 heavy (non-hydrogen) atoms. The summed E-state index contributed by atoms with van der Waals surface area (Å²) in [5, 5.41) is 12.4. The fourth-order valence-electron chi connectivity index (χ4n) is 2.47. The molecular weight excluding hydrogens is 374 g/mol. The van der Waals surface area contributed by atoms with Gasteiger partial charge in [0.25, 0.3) is 0 Å². The van der Waals surface area contributed by atoms with Crippen LogP contribution in [-0.2, 0) is 6.54 Å². The zero-order chi connectivity index (χ0) is 18.9. The van der Waals surface area contributed by atoms with Gasteiger partial charge in [0, 0.05) is 24.5 Å². The molecule has 3 N–H and O–H groups in total. The second-order valence-electron chi connectivity index (χ2n) is 6.07. The molecule has 1 aliphatic heterocycles. The van der Waals surface area contributed by atoms with Gasteiger partial charge in [-0.1, -0.05) is 54.2 Å². The maximum absolute atomic E-state index is 5.28. The van der Waals surface area contributed by atoms with E-state index in [9.17, 15) is 0 Å². The molecule has 0 bridgehead atoms. The molecule has 7 heteroatoms. The van der Waals surface area contributed by atoms with E-state index < -0.39 is 0 Å². The monoisotopic (exact) mass is 397 g/mol. The summed E-state index contributed by atoms with van der Waals surface area (Å²) in [4.78, 5) is 4.48. The molecule has 0 aromatic heterocycles. The third-order valence-corrected chi connectivity index (χ3v) is 5.20. The lowest BCUT2D eigenvalue weighted by molar-refractivity contribution is 0.866. The van der Waals surface area contributed by atoms with Crippen LogP contribution < -0.4 is 16.1 Å². The van der Waals surface area contributed by atoms with Crippen molar-refractivity contribution in [1.82, 2.24) is 10.7 Å². The molecule has 1 heterocycles. The standard InChI is InChI=1S/C20H23N5S2/c1-15(24-25-19(26)22-14-16-6-3-2-4-7-16)17-8-10-18(11-9-17)23-20-21-12-5-13-27-20/h2-4,6-11H,5,12-14H2,1H3,(H,21,23)(H2,22,25,26)/b24-15-. The lowest BCUT2D eigenvalue weighted by atomic mass is 10.1. The van der Waals surface area contributed by atoms with E-state index >= 15 is 0 Å². The Kier molecular flexibility index (Phi) is 7.24. The molecule has 2 aromatic rings. The first kappa shape index (κ1) is 19.4. The van der Waals surface area contributed by atoms with Gasteiger partial charge in [0.1, 0.15) is 0 Å². The molecule has 0 atom stereocenters. The van der Waals surface area contributed by atoms with Crippen molar-refractivity contribution in [2.75, 3.05) is 17.6 Å². The quantitative estimate of drug-likeness (QED) is 0.405. The van der Waals surface area contributed by atoms with Gasteiger partial charge in [0.05, 0.1) is 5.71 Å². The fourth-order valence-corrected chi connectivity index (χ4v) is 3.43. The van der Waals surface area contributed by atoms with Gasteiger partial charge >= 0.3 is 0 Å². The Morgan fingerprint density at radius 1 is 1.15 bits per heavy atom. The van der Waals surface area contributed by atoms with Crippen LogP contribution in [0.1, 0.15) is 24.5 Å². The first-order chi connectivity index (χ1) is 13.2. The molecular formula is C20H23N5S2. The van der Waals surface area contributed by atoms with Crippen LogP contribution >= 0.6 is 24.0 Å². The summed E-state index contributed by atoms with van der Waals surface area (Å²) in [6.07, 6.45) is 1.15. The van der Waals surface area contributed by atoms with E-state index in [0.29, 0.717) is 11.7 Å². The van der Waals surface area contributed by atoms with Crippen molar-refractivity contribution in [3.05, 3.63) is 65.7 Å². The smallest absolute Gasteiger partial charge is 0.187 e. The number of benzene rings is 2.